The van der Waals surface area contributed by atoms with E-state index in [-0.39, 0.29) is 6.10 Å². The summed E-state index contributed by atoms with van der Waals surface area (Å²) in [6, 6.07) is 11.3. The third kappa shape index (κ3) is 3.66. The first kappa shape index (κ1) is 14.2. The molecule has 20 heavy (non-hydrogen) atoms. The topological polar surface area (TPSA) is 82.3 Å². The summed E-state index contributed by atoms with van der Waals surface area (Å²) in [5.74, 6) is 6.94. The predicted octanol–water partition coefficient (Wildman–Crippen LogP) is 1.84. The van der Waals surface area contributed by atoms with Crippen LogP contribution in [-0.2, 0) is 4.74 Å². The first-order chi connectivity index (χ1) is 9.72. The van der Waals surface area contributed by atoms with Gasteiger partial charge in [0.05, 0.1) is 6.61 Å². The Bertz CT molecular complexity index is 548. The zero-order chi connectivity index (χ0) is 14.4. The Balaban J connectivity index is 2.29. The Morgan fingerprint density at radius 1 is 1.25 bits per heavy atom. The van der Waals surface area contributed by atoms with Crippen LogP contribution in [0.5, 0.6) is 5.88 Å². The lowest BCUT2D eigenvalue weighted by atomic mass is 10.2. The molecule has 0 spiro atoms. The van der Waals surface area contributed by atoms with Crippen molar-refractivity contribution in [3.05, 3.63) is 36.4 Å². The van der Waals surface area contributed by atoms with E-state index in [9.17, 15) is 0 Å². The summed E-state index contributed by atoms with van der Waals surface area (Å²) >= 11 is 0. The fraction of sp³-hybridized carbons (Fsp3) is 0.286. The number of nitrogens with one attached hydrogen (secondary N) is 1. The van der Waals surface area contributed by atoms with Crippen LogP contribution in [0.2, 0.25) is 0 Å². The number of hydrogen-bond donors (Lipinski definition) is 2. The van der Waals surface area contributed by atoms with Gasteiger partial charge in [-0.25, -0.2) is 10.8 Å². The number of methoxy groups -OCH3 is 1. The van der Waals surface area contributed by atoms with Gasteiger partial charge in [-0.05, 0) is 6.92 Å². The van der Waals surface area contributed by atoms with E-state index in [1.54, 1.807) is 13.2 Å². The van der Waals surface area contributed by atoms with Crippen LogP contribution in [-0.4, -0.2) is 29.8 Å². The maximum absolute atomic E-state index is 5.69. The second kappa shape index (κ2) is 6.83. The fourth-order valence-electron chi connectivity index (χ4n) is 1.75. The van der Waals surface area contributed by atoms with Crippen LogP contribution in [0.15, 0.2) is 36.4 Å². The molecule has 0 aliphatic rings. The third-order valence-corrected chi connectivity index (χ3v) is 2.61. The summed E-state index contributed by atoms with van der Waals surface area (Å²) < 4.78 is 10.7. The minimum Gasteiger partial charge on any atom is -0.472 e. The lowest BCUT2D eigenvalue weighted by molar-refractivity contribution is 0.0890. The van der Waals surface area contributed by atoms with Crippen molar-refractivity contribution >= 4 is 5.82 Å². The number of ether oxygens (including phenoxy) is 2. The van der Waals surface area contributed by atoms with Gasteiger partial charge in [-0.1, -0.05) is 30.3 Å². The Morgan fingerprint density at radius 3 is 2.65 bits per heavy atom. The third-order valence-electron chi connectivity index (χ3n) is 2.61. The summed E-state index contributed by atoms with van der Waals surface area (Å²) in [6.45, 7) is 2.39. The Morgan fingerprint density at radius 2 is 2.00 bits per heavy atom. The Labute approximate surface area is 117 Å². The van der Waals surface area contributed by atoms with Gasteiger partial charge in [0.1, 0.15) is 11.9 Å². The molecule has 106 valence electrons. The molecule has 2 rings (SSSR count). The predicted molar refractivity (Wildman–Crippen MR) is 77.2 cm³/mol. The van der Waals surface area contributed by atoms with Crippen molar-refractivity contribution < 1.29 is 9.47 Å². The molecule has 6 heteroatoms. The van der Waals surface area contributed by atoms with Crippen molar-refractivity contribution in [3.8, 4) is 17.3 Å². The average Bonchev–Trinajstić information content (AvgIpc) is 2.48. The lowest BCUT2D eigenvalue weighted by Crippen LogP contribution is -2.19. The largest absolute Gasteiger partial charge is 0.472 e. The van der Waals surface area contributed by atoms with Crippen LogP contribution in [0.25, 0.3) is 11.4 Å². The molecule has 6 nitrogen and oxygen atoms in total. The molecule has 0 radical (unpaired) electrons. The molecule has 0 aliphatic carbocycles. The number of benzene rings is 1. The summed E-state index contributed by atoms with van der Waals surface area (Å²) in [5.41, 5.74) is 3.42. The average molecular weight is 274 g/mol. The van der Waals surface area contributed by atoms with E-state index in [0.29, 0.717) is 24.1 Å². The first-order valence-electron chi connectivity index (χ1n) is 6.29. The highest BCUT2D eigenvalue weighted by Crippen LogP contribution is 2.21. The minimum atomic E-state index is -0.107. The number of anilines is 1. The van der Waals surface area contributed by atoms with E-state index in [1.807, 2.05) is 37.3 Å². The van der Waals surface area contributed by atoms with Gasteiger partial charge < -0.3 is 14.9 Å². The highest BCUT2D eigenvalue weighted by molar-refractivity contribution is 5.57. The molecule has 0 saturated carbocycles. The van der Waals surface area contributed by atoms with Crippen LogP contribution in [0.1, 0.15) is 6.92 Å². The SMILES string of the molecule is COCC(C)Oc1cc(NN)nc(-c2ccccc2)n1. The van der Waals surface area contributed by atoms with E-state index < -0.39 is 0 Å². The molecule has 1 atom stereocenters. The van der Waals surface area contributed by atoms with Gasteiger partial charge in [0.2, 0.25) is 5.88 Å². The number of nitrogen functional groups attached to an aromatic ring is 1. The highest BCUT2D eigenvalue weighted by atomic mass is 16.5. The lowest BCUT2D eigenvalue weighted by Gasteiger charge is -2.14. The van der Waals surface area contributed by atoms with Crippen molar-refractivity contribution in [2.75, 3.05) is 19.1 Å². The molecule has 1 heterocycles. The maximum atomic E-state index is 5.69. The monoisotopic (exact) mass is 274 g/mol. The molecule has 1 aromatic heterocycles. The smallest absolute Gasteiger partial charge is 0.219 e. The van der Waals surface area contributed by atoms with E-state index >= 15 is 0 Å². The summed E-state index contributed by atoms with van der Waals surface area (Å²) in [6.07, 6.45) is -0.107. The molecule has 1 unspecified atom stereocenters. The zero-order valence-electron chi connectivity index (χ0n) is 11.5. The van der Waals surface area contributed by atoms with Gasteiger partial charge in [0, 0.05) is 18.7 Å². The highest BCUT2D eigenvalue weighted by Gasteiger charge is 2.10. The molecule has 0 amide bonds. The van der Waals surface area contributed by atoms with Crippen molar-refractivity contribution in [1.82, 2.24) is 9.97 Å². The summed E-state index contributed by atoms with van der Waals surface area (Å²) in [5, 5.41) is 0. The zero-order valence-corrected chi connectivity index (χ0v) is 11.5. The van der Waals surface area contributed by atoms with Crippen molar-refractivity contribution in [2.24, 2.45) is 5.84 Å². The number of nitrogens with zero attached hydrogens (tertiary/aromatic N) is 2. The summed E-state index contributed by atoms with van der Waals surface area (Å²) in [4.78, 5) is 8.71. The number of aromatic nitrogens is 2. The van der Waals surface area contributed by atoms with Crippen molar-refractivity contribution in [2.45, 2.75) is 13.0 Å². The minimum absolute atomic E-state index is 0.107. The first-order valence-corrected chi connectivity index (χ1v) is 6.29. The number of rotatable bonds is 6. The molecule has 0 aliphatic heterocycles. The van der Waals surface area contributed by atoms with E-state index in [4.69, 9.17) is 15.3 Å². The second-order valence-electron chi connectivity index (χ2n) is 4.31. The molecule has 0 fully saturated rings. The second-order valence-corrected chi connectivity index (χ2v) is 4.31. The Hall–Kier alpha value is -2.18. The fourth-order valence-corrected chi connectivity index (χ4v) is 1.75. The molecular weight excluding hydrogens is 256 g/mol. The molecule has 2 aromatic rings. The van der Waals surface area contributed by atoms with E-state index in [2.05, 4.69) is 15.4 Å². The molecule has 0 bridgehead atoms. The van der Waals surface area contributed by atoms with Crippen molar-refractivity contribution in [1.29, 1.82) is 0 Å². The number of hydrogen-bond acceptors (Lipinski definition) is 6. The van der Waals surface area contributed by atoms with Crippen LogP contribution in [0.4, 0.5) is 5.82 Å². The molecule has 1 aromatic carbocycles. The number of hydrazine groups is 1. The van der Waals surface area contributed by atoms with Gasteiger partial charge in [0.15, 0.2) is 5.82 Å². The van der Waals surface area contributed by atoms with Gasteiger partial charge in [-0.15, -0.1) is 0 Å². The van der Waals surface area contributed by atoms with Crippen molar-refractivity contribution in [3.63, 3.8) is 0 Å². The normalized spacial score (nSPS) is 11.9. The van der Waals surface area contributed by atoms with E-state index in [0.717, 1.165) is 5.56 Å². The summed E-state index contributed by atoms with van der Waals surface area (Å²) in [7, 11) is 1.63. The molecule has 0 saturated heterocycles. The van der Waals surface area contributed by atoms with Crippen LogP contribution in [0.3, 0.4) is 0 Å². The maximum Gasteiger partial charge on any atom is 0.219 e. The molecule has 3 N–H and O–H groups in total. The van der Waals surface area contributed by atoms with Gasteiger partial charge >= 0.3 is 0 Å². The van der Waals surface area contributed by atoms with Gasteiger partial charge in [0.25, 0.3) is 0 Å². The molecular formula is C14H18N4O2. The van der Waals surface area contributed by atoms with E-state index in [1.165, 1.54) is 0 Å². The quantitative estimate of drug-likeness (QED) is 0.618. The standard InChI is InChI=1S/C14H18N4O2/c1-10(9-19-2)20-13-8-12(18-15)16-14(17-13)11-6-4-3-5-7-11/h3-8,10H,9,15H2,1-2H3,(H,16,17,18). The van der Waals surface area contributed by atoms with Gasteiger partial charge in [-0.2, -0.15) is 4.98 Å². The van der Waals surface area contributed by atoms with Crippen LogP contribution >= 0.6 is 0 Å². The van der Waals surface area contributed by atoms with Gasteiger partial charge in [-0.3, -0.25) is 0 Å². The Kier molecular flexibility index (Phi) is 4.86. The van der Waals surface area contributed by atoms with Crippen LogP contribution in [0, 0.1) is 0 Å². The van der Waals surface area contributed by atoms with Crippen LogP contribution < -0.4 is 16.0 Å². The number of nitrogens with two attached hydrogens (primary N) is 1.